The van der Waals surface area contributed by atoms with Crippen molar-refractivity contribution in [3.63, 3.8) is 0 Å². The molecule has 0 saturated heterocycles. The standard InChI is InChI=1S/C10H7BrF5NO3/c1-19-9(18)5-3-17-6(8(12)13)4(2-11)7(5)20-10(14,15)16/h3,8H,2H2,1H3. The van der Waals surface area contributed by atoms with Crippen LogP contribution in [-0.4, -0.2) is 24.4 Å². The fourth-order valence-electron chi connectivity index (χ4n) is 1.35. The van der Waals surface area contributed by atoms with Crippen molar-refractivity contribution in [2.75, 3.05) is 7.11 Å². The molecule has 0 spiro atoms. The largest absolute Gasteiger partial charge is 0.573 e. The molecule has 0 aromatic carbocycles. The van der Waals surface area contributed by atoms with E-state index in [1.807, 2.05) is 0 Å². The van der Waals surface area contributed by atoms with Gasteiger partial charge in [-0.1, -0.05) is 15.9 Å². The van der Waals surface area contributed by atoms with Crippen LogP contribution in [0.2, 0.25) is 0 Å². The average Bonchev–Trinajstić information content (AvgIpc) is 2.35. The molecule has 0 aliphatic carbocycles. The second kappa shape index (κ2) is 6.33. The third-order valence-electron chi connectivity index (χ3n) is 2.12. The highest BCUT2D eigenvalue weighted by molar-refractivity contribution is 9.08. The van der Waals surface area contributed by atoms with Crippen molar-refractivity contribution in [2.24, 2.45) is 0 Å². The van der Waals surface area contributed by atoms with Gasteiger partial charge in [-0.05, 0) is 0 Å². The molecular weight excluding hydrogens is 357 g/mol. The number of carbonyl (C=O) groups excluding carboxylic acids is 1. The highest BCUT2D eigenvalue weighted by Crippen LogP contribution is 2.36. The van der Waals surface area contributed by atoms with E-state index >= 15 is 0 Å². The molecule has 4 nitrogen and oxygen atoms in total. The molecule has 0 aliphatic heterocycles. The number of nitrogens with zero attached hydrogens (tertiary/aromatic N) is 1. The lowest BCUT2D eigenvalue weighted by atomic mass is 10.1. The van der Waals surface area contributed by atoms with Gasteiger partial charge in [-0.25, -0.2) is 13.6 Å². The van der Waals surface area contributed by atoms with Crippen molar-refractivity contribution < 1.29 is 36.2 Å². The van der Waals surface area contributed by atoms with Gasteiger partial charge in [0.1, 0.15) is 11.3 Å². The number of pyridine rings is 1. The van der Waals surface area contributed by atoms with Crippen molar-refractivity contribution in [2.45, 2.75) is 18.1 Å². The minimum absolute atomic E-state index is 0.407. The number of aromatic nitrogens is 1. The fraction of sp³-hybridized carbons (Fsp3) is 0.400. The maximum absolute atomic E-state index is 12.7. The molecule has 1 aromatic heterocycles. The van der Waals surface area contributed by atoms with Crippen molar-refractivity contribution >= 4 is 21.9 Å². The van der Waals surface area contributed by atoms with E-state index in [1.165, 1.54) is 0 Å². The Balaban J connectivity index is 3.51. The summed E-state index contributed by atoms with van der Waals surface area (Å²) in [4.78, 5) is 14.6. The summed E-state index contributed by atoms with van der Waals surface area (Å²) in [7, 11) is 0.925. The van der Waals surface area contributed by atoms with Crippen LogP contribution in [0.5, 0.6) is 5.75 Å². The Morgan fingerprint density at radius 1 is 1.45 bits per heavy atom. The first-order valence-electron chi connectivity index (χ1n) is 4.91. The zero-order valence-corrected chi connectivity index (χ0v) is 11.4. The maximum atomic E-state index is 12.7. The predicted octanol–water partition coefficient (Wildman–Crippen LogP) is 3.60. The Labute approximate surface area is 118 Å². The lowest BCUT2D eigenvalue weighted by molar-refractivity contribution is -0.275. The number of hydrogen-bond acceptors (Lipinski definition) is 4. The van der Waals surface area contributed by atoms with Crippen LogP contribution < -0.4 is 4.74 Å². The van der Waals surface area contributed by atoms with Gasteiger partial charge in [0, 0.05) is 17.1 Å². The van der Waals surface area contributed by atoms with Crippen molar-refractivity contribution in [3.8, 4) is 5.75 Å². The summed E-state index contributed by atoms with van der Waals surface area (Å²) in [6.07, 6.45) is -7.72. The number of hydrogen-bond donors (Lipinski definition) is 0. The topological polar surface area (TPSA) is 48.4 Å². The number of ether oxygens (including phenoxy) is 2. The second-order valence-electron chi connectivity index (χ2n) is 3.34. The Morgan fingerprint density at radius 2 is 2.05 bits per heavy atom. The first-order valence-corrected chi connectivity index (χ1v) is 6.03. The van der Waals surface area contributed by atoms with Crippen LogP contribution in [0.1, 0.15) is 28.0 Å². The smallest absolute Gasteiger partial charge is 0.465 e. The van der Waals surface area contributed by atoms with Gasteiger partial charge in [0.25, 0.3) is 6.43 Å². The van der Waals surface area contributed by atoms with E-state index in [9.17, 15) is 26.7 Å². The molecule has 0 unspecified atom stereocenters. The fourth-order valence-corrected chi connectivity index (χ4v) is 1.90. The molecule has 1 rings (SSSR count). The molecule has 0 saturated carbocycles. The molecule has 20 heavy (non-hydrogen) atoms. The highest BCUT2D eigenvalue weighted by Gasteiger charge is 2.36. The molecule has 0 N–H and O–H groups in total. The van der Waals surface area contributed by atoms with E-state index in [4.69, 9.17) is 0 Å². The number of esters is 1. The summed E-state index contributed by atoms with van der Waals surface area (Å²) in [6, 6.07) is 0. The summed E-state index contributed by atoms with van der Waals surface area (Å²) < 4.78 is 70.4. The van der Waals surface area contributed by atoms with Crippen LogP contribution in [-0.2, 0) is 10.1 Å². The molecule has 0 fully saturated rings. The van der Waals surface area contributed by atoms with E-state index in [0.717, 1.165) is 7.11 Å². The third-order valence-corrected chi connectivity index (χ3v) is 2.68. The van der Waals surface area contributed by atoms with E-state index in [1.54, 1.807) is 0 Å². The monoisotopic (exact) mass is 363 g/mol. The van der Waals surface area contributed by atoms with Gasteiger partial charge < -0.3 is 9.47 Å². The molecule has 10 heteroatoms. The maximum Gasteiger partial charge on any atom is 0.573 e. The Kier molecular flexibility index (Phi) is 5.26. The molecule has 1 heterocycles. The van der Waals surface area contributed by atoms with Crippen LogP contribution in [0.15, 0.2) is 6.20 Å². The predicted molar refractivity (Wildman–Crippen MR) is 59.8 cm³/mol. The Hall–Kier alpha value is -1.45. The van der Waals surface area contributed by atoms with Gasteiger partial charge in [-0.2, -0.15) is 0 Å². The van der Waals surface area contributed by atoms with Crippen LogP contribution in [0, 0.1) is 0 Å². The van der Waals surface area contributed by atoms with Crippen LogP contribution >= 0.6 is 15.9 Å². The number of halogens is 6. The lowest BCUT2D eigenvalue weighted by Crippen LogP contribution is -2.21. The summed E-state index contributed by atoms with van der Waals surface area (Å²) in [5.41, 5.74) is -2.17. The number of alkyl halides is 6. The molecule has 112 valence electrons. The number of methoxy groups -OCH3 is 1. The number of carbonyl (C=O) groups is 1. The van der Waals surface area contributed by atoms with Crippen LogP contribution in [0.4, 0.5) is 22.0 Å². The van der Waals surface area contributed by atoms with Gasteiger partial charge in [-0.15, -0.1) is 13.2 Å². The first-order chi connectivity index (χ1) is 9.21. The molecule has 0 atom stereocenters. The van der Waals surface area contributed by atoms with E-state index in [0.29, 0.717) is 6.20 Å². The third kappa shape index (κ3) is 3.78. The summed E-state index contributed by atoms with van der Waals surface area (Å²) in [5, 5.41) is -0.407. The summed E-state index contributed by atoms with van der Waals surface area (Å²) in [5.74, 6) is -2.23. The summed E-state index contributed by atoms with van der Waals surface area (Å²) >= 11 is 2.77. The van der Waals surface area contributed by atoms with Gasteiger partial charge in [0.05, 0.1) is 7.11 Å². The van der Waals surface area contributed by atoms with E-state index < -0.39 is 46.7 Å². The SMILES string of the molecule is COC(=O)c1cnc(C(F)F)c(CBr)c1OC(F)(F)F. The minimum Gasteiger partial charge on any atom is -0.465 e. The van der Waals surface area contributed by atoms with Crippen LogP contribution in [0.3, 0.4) is 0 Å². The van der Waals surface area contributed by atoms with Crippen molar-refractivity contribution in [1.29, 1.82) is 0 Å². The highest BCUT2D eigenvalue weighted by atomic mass is 79.9. The quantitative estimate of drug-likeness (QED) is 0.466. The molecule has 0 radical (unpaired) electrons. The molecule has 0 bridgehead atoms. The first kappa shape index (κ1) is 16.6. The molecule has 0 amide bonds. The summed E-state index contributed by atoms with van der Waals surface area (Å²) in [6.45, 7) is 0. The molecule has 0 aliphatic rings. The normalized spacial score (nSPS) is 11.6. The van der Waals surface area contributed by atoms with Gasteiger partial charge in [0.2, 0.25) is 0 Å². The van der Waals surface area contributed by atoms with Gasteiger partial charge >= 0.3 is 12.3 Å². The van der Waals surface area contributed by atoms with E-state index in [2.05, 4.69) is 30.4 Å². The molecule has 1 aromatic rings. The Bertz CT molecular complexity index is 506. The van der Waals surface area contributed by atoms with Crippen molar-refractivity contribution in [3.05, 3.63) is 23.0 Å². The average molecular weight is 364 g/mol. The van der Waals surface area contributed by atoms with Gasteiger partial charge in [-0.3, -0.25) is 4.98 Å². The van der Waals surface area contributed by atoms with Crippen LogP contribution in [0.25, 0.3) is 0 Å². The number of rotatable bonds is 4. The van der Waals surface area contributed by atoms with Crippen molar-refractivity contribution in [1.82, 2.24) is 4.98 Å². The lowest BCUT2D eigenvalue weighted by Gasteiger charge is -2.17. The Morgan fingerprint density at radius 3 is 2.45 bits per heavy atom. The zero-order valence-electron chi connectivity index (χ0n) is 9.80. The second-order valence-corrected chi connectivity index (χ2v) is 3.90. The molecular formula is C10H7BrF5NO3. The minimum atomic E-state index is -5.15. The zero-order chi connectivity index (χ0) is 15.5. The van der Waals surface area contributed by atoms with E-state index in [-0.39, 0.29) is 0 Å². The van der Waals surface area contributed by atoms with Gasteiger partial charge in [0.15, 0.2) is 5.75 Å².